The van der Waals surface area contributed by atoms with Crippen LogP contribution in [0.1, 0.15) is 18.4 Å². The molecule has 1 unspecified atom stereocenters. The number of allylic oxidation sites excluding steroid dienone is 3. The molecule has 0 radical (unpaired) electrons. The van der Waals surface area contributed by atoms with E-state index in [1.165, 1.54) is 24.7 Å². The van der Waals surface area contributed by atoms with E-state index in [1.807, 2.05) is 30.3 Å². The molecule has 0 amide bonds. The number of para-hydroxylation sites is 1. The molecule has 1 aliphatic carbocycles. The van der Waals surface area contributed by atoms with Gasteiger partial charge in [-0.1, -0.05) is 42.5 Å². The third-order valence-corrected chi connectivity index (χ3v) is 5.68. The highest BCUT2D eigenvalue weighted by Crippen LogP contribution is 2.33. The third-order valence-electron chi connectivity index (χ3n) is 5.68. The summed E-state index contributed by atoms with van der Waals surface area (Å²) in [6.45, 7) is 0. The summed E-state index contributed by atoms with van der Waals surface area (Å²) in [6.07, 6.45) is 8.09. The van der Waals surface area contributed by atoms with Gasteiger partial charge in [0.15, 0.2) is 17.4 Å². The molecular weight excluding hydrogens is 457 g/mol. The molecule has 1 atom stereocenters. The van der Waals surface area contributed by atoms with Gasteiger partial charge in [0.05, 0.1) is 5.56 Å². The number of nitrogens with one attached hydrogen (secondary N) is 2. The first-order chi connectivity index (χ1) is 17.0. The maximum Gasteiger partial charge on any atom is 0.416 e. The number of hydrogen-bond acceptors (Lipinski definition) is 5. The van der Waals surface area contributed by atoms with E-state index < -0.39 is 11.7 Å². The van der Waals surface area contributed by atoms with E-state index in [1.54, 1.807) is 6.26 Å². The average molecular weight is 478 g/mol. The van der Waals surface area contributed by atoms with Gasteiger partial charge in [-0.05, 0) is 42.7 Å². The minimum Gasteiger partial charge on any atom is -0.466 e. The summed E-state index contributed by atoms with van der Waals surface area (Å²) in [4.78, 5) is 3.13. The number of ether oxygens (including phenoxy) is 2. The Morgan fingerprint density at radius 3 is 2.49 bits per heavy atom. The summed E-state index contributed by atoms with van der Waals surface area (Å²) in [5.41, 5.74) is 2.45. The van der Waals surface area contributed by atoms with Crippen LogP contribution in [0.3, 0.4) is 0 Å². The fraction of sp³-hybridized carbons (Fsp3) is 0.154. The Morgan fingerprint density at radius 2 is 1.77 bits per heavy atom. The quantitative estimate of drug-likeness (QED) is 0.419. The van der Waals surface area contributed by atoms with Gasteiger partial charge in [-0.15, -0.1) is 10.2 Å². The Morgan fingerprint density at radius 1 is 0.971 bits per heavy atom. The molecule has 0 saturated heterocycles. The van der Waals surface area contributed by atoms with E-state index in [-0.39, 0.29) is 6.04 Å². The molecule has 5 rings (SSSR count). The highest BCUT2D eigenvalue weighted by atomic mass is 19.4. The van der Waals surface area contributed by atoms with Gasteiger partial charge in [0.1, 0.15) is 24.8 Å². The van der Waals surface area contributed by atoms with Crippen LogP contribution in [0.4, 0.5) is 18.9 Å². The molecule has 35 heavy (non-hydrogen) atoms. The number of alkyl halides is 3. The predicted molar refractivity (Wildman–Crippen MR) is 126 cm³/mol. The Bertz CT molecular complexity index is 1320. The predicted octanol–water partition coefficient (Wildman–Crippen LogP) is 6.57. The molecular formula is C26H21F3N4O2. The van der Waals surface area contributed by atoms with Crippen LogP contribution in [-0.2, 0) is 15.7 Å². The van der Waals surface area contributed by atoms with Gasteiger partial charge in [-0.3, -0.25) is 0 Å². The number of halogens is 3. The highest BCUT2D eigenvalue weighted by molar-refractivity contribution is 5.75. The monoisotopic (exact) mass is 478 g/mol. The number of aromatic amines is 1. The van der Waals surface area contributed by atoms with Gasteiger partial charge in [0.25, 0.3) is 0 Å². The lowest BCUT2D eigenvalue weighted by Gasteiger charge is -2.27. The van der Waals surface area contributed by atoms with Crippen LogP contribution in [0.5, 0.6) is 0 Å². The molecule has 178 valence electrons. The number of rotatable bonds is 6. The Labute approximate surface area is 199 Å². The Balaban J connectivity index is 1.44. The van der Waals surface area contributed by atoms with Crippen molar-refractivity contribution < 1.29 is 22.6 Å². The van der Waals surface area contributed by atoms with Crippen LogP contribution >= 0.6 is 0 Å². The number of aromatic nitrogens is 3. The molecule has 1 aliphatic heterocycles. The Hall–Kier alpha value is -4.27. The van der Waals surface area contributed by atoms with E-state index in [4.69, 9.17) is 9.47 Å². The molecule has 3 aromatic rings. The maximum atomic E-state index is 12.9. The van der Waals surface area contributed by atoms with Crippen molar-refractivity contribution >= 4 is 5.69 Å². The summed E-state index contributed by atoms with van der Waals surface area (Å²) >= 11 is 0. The lowest BCUT2D eigenvalue weighted by molar-refractivity contribution is -0.137. The van der Waals surface area contributed by atoms with Crippen LogP contribution < -0.4 is 5.32 Å². The minimum absolute atomic E-state index is 0.275. The largest absolute Gasteiger partial charge is 0.466 e. The molecule has 2 aromatic carbocycles. The zero-order valence-electron chi connectivity index (χ0n) is 18.4. The number of anilines is 1. The van der Waals surface area contributed by atoms with Crippen molar-refractivity contribution in [2.45, 2.75) is 25.1 Å². The summed E-state index contributed by atoms with van der Waals surface area (Å²) in [5, 5.41) is 11.9. The maximum absolute atomic E-state index is 12.9. The van der Waals surface area contributed by atoms with Gasteiger partial charge < -0.3 is 19.8 Å². The zero-order valence-corrected chi connectivity index (χ0v) is 18.4. The van der Waals surface area contributed by atoms with E-state index in [9.17, 15) is 13.2 Å². The van der Waals surface area contributed by atoms with E-state index >= 15 is 0 Å². The summed E-state index contributed by atoms with van der Waals surface area (Å²) in [6, 6.07) is 12.1. The molecule has 2 N–H and O–H groups in total. The second kappa shape index (κ2) is 9.54. The molecule has 1 aromatic heterocycles. The van der Waals surface area contributed by atoms with Crippen molar-refractivity contribution in [3.63, 3.8) is 0 Å². The van der Waals surface area contributed by atoms with E-state index in [2.05, 4.69) is 32.7 Å². The van der Waals surface area contributed by atoms with Crippen molar-refractivity contribution in [2.24, 2.45) is 0 Å². The van der Waals surface area contributed by atoms with Crippen LogP contribution in [0.15, 0.2) is 96.9 Å². The second-order valence-corrected chi connectivity index (χ2v) is 7.97. The summed E-state index contributed by atoms with van der Waals surface area (Å²) in [7, 11) is 0. The van der Waals surface area contributed by atoms with Crippen molar-refractivity contribution in [2.75, 3.05) is 5.32 Å². The van der Waals surface area contributed by atoms with Gasteiger partial charge in [0, 0.05) is 16.8 Å². The van der Waals surface area contributed by atoms with Gasteiger partial charge >= 0.3 is 6.18 Å². The smallest absolute Gasteiger partial charge is 0.416 e. The SMILES string of the molecule is FC(F)(F)c1ccc(-c2nnc(-c3ccccc3NC(C3=CC=CCC3)C3=COC=CO3)[nH]2)cc1. The van der Waals surface area contributed by atoms with Crippen LogP contribution in [0.2, 0.25) is 0 Å². The second-order valence-electron chi connectivity index (χ2n) is 7.97. The topological polar surface area (TPSA) is 72.1 Å². The fourth-order valence-corrected chi connectivity index (χ4v) is 3.92. The van der Waals surface area contributed by atoms with Crippen LogP contribution in [0.25, 0.3) is 22.8 Å². The summed E-state index contributed by atoms with van der Waals surface area (Å²) < 4.78 is 49.7. The van der Waals surface area contributed by atoms with Gasteiger partial charge in [-0.2, -0.15) is 13.2 Å². The highest BCUT2D eigenvalue weighted by Gasteiger charge is 2.30. The first-order valence-electron chi connectivity index (χ1n) is 11.0. The molecule has 6 nitrogen and oxygen atoms in total. The van der Waals surface area contributed by atoms with E-state index in [0.717, 1.165) is 41.8 Å². The standard InChI is InChI=1S/C26H21F3N4O2/c27-26(28,29)19-12-10-18(11-13-19)24-31-25(33-32-24)20-8-4-5-9-21(20)30-23(17-6-2-1-3-7-17)22-16-34-14-15-35-22/h1-2,4-6,8-16,23,30H,3,7H2,(H,31,32,33). The van der Waals surface area contributed by atoms with Crippen molar-refractivity contribution in [3.8, 4) is 22.8 Å². The molecule has 0 bridgehead atoms. The van der Waals surface area contributed by atoms with Crippen LogP contribution in [0, 0.1) is 0 Å². The number of nitrogens with zero attached hydrogens (tertiary/aromatic N) is 2. The molecule has 9 heteroatoms. The first kappa shape index (κ1) is 22.5. The number of benzene rings is 2. The average Bonchev–Trinajstić information content (AvgIpc) is 3.38. The number of H-pyrrole nitrogens is 1. The molecule has 2 aliphatic rings. The van der Waals surface area contributed by atoms with Gasteiger partial charge in [0.2, 0.25) is 0 Å². The van der Waals surface area contributed by atoms with Crippen LogP contribution in [-0.4, -0.2) is 21.2 Å². The van der Waals surface area contributed by atoms with Crippen molar-refractivity contribution in [3.05, 3.63) is 102 Å². The fourth-order valence-electron chi connectivity index (χ4n) is 3.92. The molecule has 2 heterocycles. The van der Waals surface area contributed by atoms with Crippen molar-refractivity contribution in [1.29, 1.82) is 0 Å². The minimum atomic E-state index is -4.39. The molecule has 0 fully saturated rings. The van der Waals surface area contributed by atoms with Gasteiger partial charge in [-0.25, -0.2) is 0 Å². The first-order valence-corrected chi connectivity index (χ1v) is 11.0. The third kappa shape index (κ3) is 4.98. The normalized spacial score (nSPS) is 16.1. The molecule has 0 saturated carbocycles. The Kier molecular flexibility index (Phi) is 6.13. The molecule has 0 spiro atoms. The van der Waals surface area contributed by atoms with E-state index in [0.29, 0.717) is 23.0 Å². The lowest BCUT2D eigenvalue weighted by atomic mass is 9.96. The number of hydrogen-bond donors (Lipinski definition) is 2. The lowest BCUT2D eigenvalue weighted by Crippen LogP contribution is -2.27. The summed E-state index contributed by atoms with van der Waals surface area (Å²) in [5.74, 6) is 1.47. The zero-order chi connectivity index (χ0) is 24.3. The van der Waals surface area contributed by atoms with Crippen molar-refractivity contribution in [1.82, 2.24) is 15.2 Å².